The highest BCUT2D eigenvalue weighted by molar-refractivity contribution is 7.80. The van der Waals surface area contributed by atoms with Crippen molar-refractivity contribution in [2.45, 2.75) is 6.92 Å². The first-order chi connectivity index (χ1) is 10.9. The Morgan fingerprint density at radius 3 is 2.61 bits per heavy atom. The molecule has 0 amide bonds. The second-order valence-electron chi connectivity index (χ2n) is 4.68. The molecule has 6 nitrogen and oxygen atoms in total. The lowest BCUT2D eigenvalue weighted by molar-refractivity contribution is -0.384. The minimum absolute atomic E-state index is 0.0908. The van der Waals surface area contributed by atoms with Crippen molar-refractivity contribution in [2.75, 3.05) is 17.7 Å². The lowest BCUT2D eigenvalue weighted by atomic mass is 10.2. The third-order valence-electron chi connectivity index (χ3n) is 3.07. The number of nitrogens with zero attached hydrogens (tertiary/aromatic N) is 1. The average molecular weight is 335 g/mol. The van der Waals surface area contributed by atoms with Crippen LogP contribution in [-0.2, 0) is 0 Å². The van der Waals surface area contributed by atoms with Crippen LogP contribution in [0.1, 0.15) is 5.56 Å². The summed E-state index contributed by atoms with van der Waals surface area (Å²) in [6.07, 6.45) is 0. The number of ether oxygens (including phenoxy) is 1. The Morgan fingerprint density at radius 1 is 1.26 bits per heavy atom. The molecule has 0 aliphatic rings. The predicted molar refractivity (Wildman–Crippen MR) is 90.6 cm³/mol. The first-order valence-electron chi connectivity index (χ1n) is 6.57. The van der Waals surface area contributed by atoms with Crippen LogP contribution in [0.3, 0.4) is 0 Å². The number of aryl methyl sites for hydroxylation is 1. The summed E-state index contributed by atoms with van der Waals surface area (Å²) in [4.78, 5) is 10.2. The first-order valence-corrected chi connectivity index (χ1v) is 6.98. The Balaban J connectivity index is 2.13. The number of nitro groups is 1. The van der Waals surface area contributed by atoms with Gasteiger partial charge >= 0.3 is 0 Å². The molecule has 0 unspecified atom stereocenters. The average Bonchev–Trinajstić information content (AvgIpc) is 2.51. The summed E-state index contributed by atoms with van der Waals surface area (Å²) < 4.78 is 18.6. The van der Waals surface area contributed by atoms with Crippen molar-refractivity contribution in [1.82, 2.24) is 0 Å². The monoisotopic (exact) mass is 335 g/mol. The van der Waals surface area contributed by atoms with Gasteiger partial charge in [0.15, 0.2) is 5.11 Å². The van der Waals surface area contributed by atoms with Crippen LogP contribution in [0.2, 0.25) is 0 Å². The molecule has 0 bridgehead atoms. The van der Waals surface area contributed by atoms with Crippen LogP contribution < -0.4 is 15.4 Å². The highest BCUT2D eigenvalue weighted by Gasteiger charge is 2.12. The van der Waals surface area contributed by atoms with Gasteiger partial charge in [-0.1, -0.05) is 6.07 Å². The van der Waals surface area contributed by atoms with Crippen LogP contribution in [0.15, 0.2) is 36.4 Å². The van der Waals surface area contributed by atoms with E-state index in [2.05, 4.69) is 10.6 Å². The summed E-state index contributed by atoms with van der Waals surface area (Å²) in [5, 5.41) is 16.7. The van der Waals surface area contributed by atoms with E-state index in [0.717, 1.165) is 0 Å². The lowest BCUT2D eigenvalue weighted by Crippen LogP contribution is -2.19. The third-order valence-corrected chi connectivity index (χ3v) is 3.28. The second kappa shape index (κ2) is 7.01. The molecule has 0 aliphatic carbocycles. The van der Waals surface area contributed by atoms with Gasteiger partial charge in [-0.3, -0.25) is 10.1 Å². The van der Waals surface area contributed by atoms with Gasteiger partial charge < -0.3 is 15.4 Å². The van der Waals surface area contributed by atoms with Gasteiger partial charge in [0.2, 0.25) is 0 Å². The number of thiocarbonyl (C=S) groups is 1. The molecule has 23 heavy (non-hydrogen) atoms. The Kier molecular flexibility index (Phi) is 5.07. The summed E-state index contributed by atoms with van der Waals surface area (Å²) in [6.45, 7) is 1.66. The lowest BCUT2D eigenvalue weighted by Gasteiger charge is -2.13. The number of hydrogen-bond donors (Lipinski definition) is 2. The van der Waals surface area contributed by atoms with Gasteiger partial charge in [-0.25, -0.2) is 4.39 Å². The van der Waals surface area contributed by atoms with Crippen molar-refractivity contribution in [2.24, 2.45) is 0 Å². The van der Waals surface area contributed by atoms with E-state index in [1.165, 1.54) is 31.4 Å². The van der Waals surface area contributed by atoms with Gasteiger partial charge in [-0.15, -0.1) is 0 Å². The molecule has 120 valence electrons. The largest absolute Gasteiger partial charge is 0.494 e. The second-order valence-corrected chi connectivity index (χ2v) is 5.09. The van der Waals surface area contributed by atoms with Gasteiger partial charge in [-0.2, -0.15) is 0 Å². The van der Waals surface area contributed by atoms with Gasteiger partial charge in [-0.05, 0) is 42.9 Å². The molecule has 0 radical (unpaired) electrons. The predicted octanol–water partition coefficient (Wildman–Crippen LogP) is 3.86. The Labute approximate surface area is 137 Å². The molecule has 0 atom stereocenters. The van der Waals surface area contributed by atoms with Crippen LogP contribution in [-0.4, -0.2) is 17.1 Å². The maximum absolute atomic E-state index is 13.5. The third kappa shape index (κ3) is 4.13. The molecule has 0 aromatic heterocycles. The van der Waals surface area contributed by atoms with E-state index in [9.17, 15) is 14.5 Å². The van der Waals surface area contributed by atoms with Crippen LogP contribution in [0.4, 0.5) is 21.5 Å². The zero-order valence-electron chi connectivity index (χ0n) is 12.4. The molecule has 0 heterocycles. The summed E-state index contributed by atoms with van der Waals surface area (Å²) in [5.41, 5.74) is 1.40. The van der Waals surface area contributed by atoms with Gasteiger partial charge in [0.25, 0.3) is 5.69 Å². The number of non-ortho nitro benzene ring substituents is 1. The van der Waals surface area contributed by atoms with Crippen molar-refractivity contribution >= 4 is 34.4 Å². The van der Waals surface area contributed by atoms with E-state index >= 15 is 0 Å². The number of benzene rings is 2. The topological polar surface area (TPSA) is 76.4 Å². The zero-order valence-corrected chi connectivity index (χ0v) is 13.2. The summed E-state index contributed by atoms with van der Waals surface area (Å²) in [5.74, 6) is -0.0656. The van der Waals surface area contributed by atoms with E-state index in [1.807, 2.05) is 0 Å². The number of anilines is 2. The standard InChI is InChI=1S/C15H14FN3O3S/c1-9-3-4-10(7-12(9)16)17-15(23)18-13-6-5-11(19(20)21)8-14(13)22-2/h3-8H,1-2H3,(H2,17,18,23). The summed E-state index contributed by atoms with van der Waals surface area (Å²) in [6, 6.07) is 8.76. The molecule has 0 spiro atoms. The first kappa shape index (κ1) is 16.6. The molecule has 0 aliphatic heterocycles. The summed E-state index contributed by atoms with van der Waals surface area (Å²) >= 11 is 5.15. The maximum atomic E-state index is 13.5. The number of methoxy groups -OCH3 is 1. The van der Waals surface area contributed by atoms with Crippen LogP contribution in [0.25, 0.3) is 0 Å². The fourth-order valence-corrected chi connectivity index (χ4v) is 2.08. The number of rotatable bonds is 4. The molecule has 0 fully saturated rings. The summed E-state index contributed by atoms with van der Waals surface area (Å²) in [7, 11) is 1.40. The fraction of sp³-hybridized carbons (Fsp3) is 0.133. The molecule has 8 heteroatoms. The van der Waals surface area contributed by atoms with Crippen molar-refractivity contribution in [3.8, 4) is 5.75 Å². The number of halogens is 1. The molecule has 0 saturated carbocycles. The highest BCUT2D eigenvalue weighted by Crippen LogP contribution is 2.29. The number of nitrogens with one attached hydrogen (secondary N) is 2. The van der Waals surface area contributed by atoms with Crippen molar-refractivity contribution in [3.63, 3.8) is 0 Å². The maximum Gasteiger partial charge on any atom is 0.273 e. The minimum atomic E-state index is -0.516. The highest BCUT2D eigenvalue weighted by atomic mass is 32.1. The Bertz CT molecular complexity index is 768. The Morgan fingerprint density at radius 2 is 2.00 bits per heavy atom. The minimum Gasteiger partial charge on any atom is -0.494 e. The zero-order chi connectivity index (χ0) is 17.0. The number of nitro benzene ring substituents is 1. The molecular formula is C15H14FN3O3S. The van der Waals surface area contributed by atoms with E-state index < -0.39 is 4.92 Å². The smallest absolute Gasteiger partial charge is 0.273 e. The molecular weight excluding hydrogens is 321 g/mol. The normalized spacial score (nSPS) is 10.0. The van der Waals surface area contributed by atoms with Crippen LogP contribution in [0.5, 0.6) is 5.75 Å². The van der Waals surface area contributed by atoms with Gasteiger partial charge in [0, 0.05) is 11.8 Å². The molecule has 2 N–H and O–H groups in total. The van der Waals surface area contributed by atoms with Crippen molar-refractivity contribution in [3.05, 3.63) is 57.9 Å². The van der Waals surface area contributed by atoms with Gasteiger partial charge in [0.05, 0.1) is 23.8 Å². The SMILES string of the molecule is COc1cc([N+](=O)[O-])ccc1NC(=S)Nc1ccc(C)c(F)c1. The van der Waals surface area contributed by atoms with Crippen molar-refractivity contribution in [1.29, 1.82) is 0 Å². The van der Waals surface area contributed by atoms with Crippen LogP contribution in [0, 0.1) is 22.9 Å². The molecule has 0 saturated heterocycles. The van der Waals surface area contributed by atoms with E-state index in [-0.39, 0.29) is 22.4 Å². The molecule has 2 rings (SSSR count). The van der Waals surface area contributed by atoms with E-state index in [4.69, 9.17) is 17.0 Å². The molecule has 2 aromatic rings. The quantitative estimate of drug-likeness (QED) is 0.502. The Hall–Kier alpha value is -2.74. The fourth-order valence-electron chi connectivity index (χ4n) is 1.85. The van der Waals surface area contributed by atoms with E-state index in [1.54, 1.807) is 19.1 Å². The van der Waals surface area contributed by atoms with Crippen LogP contribution >= 0.6 is 12.2 Å². The van der Waals surface area contributed by atoms with Crippen molar-refractivity contribution < 1.29 is 14.1 Å². The number of hydrogen-bond acceptors (Lipinski definition) is 4. The molecule has 2 aromatic carbocycles. The van der Waals surface area contributed by atoms with E-state index in [0.29, 0.717) is 16.9 Å². The van der Waals surface area contributed by atoms with Gasteiger partial charge in [0.1, 0.15) is 11.6 Å².